The maximum Gasteiger partial charge on any atom is 0.0441 e. The molecule has 0 amide bonds. The molecule has 0 aromatic heterocycles. The molecule has 1 aliphatic rings. The molecule has 84 valence electrons. The minimum atomic E-state index is 0.0681. The second-order valence-corrected chi connectivity index (χ2v) is 5.02. The highest BCUT2D eigenvalue weighted by Gasteiger charge is 2.25. The molecule has 2 rings (SSSR count). The summed E-state index contributed by atoms with van der Waals surface area (Å²) in [5, 5.41) is 3.43. The monoisotopic (exact) mass is 277 g/mol. The quantitative estimate of drug-likeness (QED) is 0.892. The normalized spacial score (nSPS) is 23.6. The van der Waals surface area contributed by atoms with Crippen LogP contribution in [0.1, 0.15) is 12.0 Å². The Balaban J connectivity index is 2.22. The highest BCUT2D eigenvalue weighted by atomic mass is 79.9. The summed E-state index contributed by atoms with van der Waals surface area (Å²) in [4.78, 5) is 0. The Morgan fingerprint density at radius 1 is 1.31 bits per heavy atom. The Morgan fingerprint density at radius 3 is 2.75 bits per heavy atom. The SMILES string of the molecule is CNC1(Cc2ccccc2Br)C=CC=CC1. The van der Waals surface area contributed by atoms with E-state index in [0.717, 1.165) is 12.8 Å². The third-order valence-electron chi connectivity index (χ3n) is 3.11. The van der Waals surface area contributed by atoms with Gasteiger partial charge in [0.2, 0.25) is 0 Å². The number of hydrogen-bond acceptors (Lipinski definition) is 1. The van der Waals surface area contributed by atoms with Crippen molar-refractivity contribution in [1.82, 2.24) is 5.32 Å². The van der Waals surface area contributed by atoms with Gasteiger partial charge in [0.15, 0.2) is 0 Å². The third-order valence-corrected chi connectivity index (χ3v) is 3.88. The molecule has 1 N–H and O–H groups in total. The van der Waals surface area contributed by atoms with E-state index in [4.69, 9.17) is 0 Å². The Kier molecular flexibility index (Phi) is 3.62. The third kappa shape index (κ3) is 2.45. The van der Waals surface area contributed by atoms with Crippen molar-refractivity contribution < 1.29 is 0 Å². The molecule has 16 heavy (non-hydrogen) atoms. The van der Waals surface area contributed by atoms with Crippen LogP contribution in [0.3, 0.4) is 0 Å². The van der Waals surface area contributed by atoms with Crippen molar-refractivity contribution in [3.63, 3.8) is 0 Å². The summed E-state index contributed by atoms with van der Waals surface area (Å²) in [5.41, 5.74) is 1.41. The Hall–Kier alpha value is -0.860. The number of likely N-dealkylation sites (N-methyl/N-ethyl adjacent to an activating group) is 1. The average Bonchev–Trinajstić information content (AvgIpc) is 2.33. The standard InChI is InChI=1S/C14H16BrN/c1-16-14(9-5-2-6-10-14)11-12-7-3-4-8-13(12)15/h2-9,16H,10-11H2,1H3. The molecule has 0 fully saturated rings. The molecular formula is C14H16BrN. The van der Waals surface area contributed by atoms with Gasteiger partial charge in [0, 0.05) is 10.0 Å². The first-order chi connectivity index (χ1) is 7.76. The van der Waals surface area contributed by atoms with Crippen LogP contribution in [0.5, 0.6) is 0 Å². The van der Waals surface area contributed by atoms with E-state index in [2.05, 4.69) is 69.8 Å². The lowest BCUT2D eigenvalue weighted by atomic mass is 9.85. The molecule has 1 atom stereocenters. The lowest BCUT2D eigenvalue weighted by Crippen LogP contribution is -2.43. The van der Waals surface area contributed by atoms with Crippen molar-refractivity contribution in [3.8, 4) is 0 Å². The molecule has 0 aliphatic heterocycles. The molecule has 0 saturated heterocycles. The van der Waals surface area contributed by atoms with Crippen LogP contribution in [0.15, 0.2) is 53.0 Å². The minimum absolute atomic E-state index is 0.0681. The van der Waals surface area contributed by atoms with E-state index in [9.17, 15) is 0 Å². The molecule has 0 saturated carbocycles. The summed E-state index contributed by atoms with van der Waals surface area (Å²) in [5.74, 6) is 0. The highest BCUT2D eigenvalue weighted by Crippen LogP contribution is 2.26. The predicted octanol–water partition coefficient (Wildman–Crippen LogP) is 3.47. The van der Waals surface area contributed by atoms with E-state index < -0.39 is 0 Å². The van der Waals surface area contributed by atoms with Crippen LogP contribution < -0.4 is 5.32 Å². The average molecular weight is 278 g/mol. The van der Waals surface area contributed by atoms with Crippen molar-refractivity contribution in [2.24, 2.45) is 0 Å². The van der Waals surface area contributed by atoms with Crippen molar-refractivity contribution in [3.05, 3.63) is 58.6 Å². The summed E-state index contributed by atoms with van der Waals surface area (Å²) >= 11 is 3.61. The zero-order chi connectivity index (χ0) is 11.4. The maximum absolute atomic E-state index is 3.61. The number of hydrogen-bond donors (Lipinski definition) is 1. The van der Waals surface area contributed by atoms with Crippen LogP contribution >= 0.6 is 15.9 Å². The van der Waals surface area contributed by atoms with E-state index >= 15 is 0 Å². The lowest BCUT2D eigenvalue weighted by molar-refractivity contribution is 0.434. The topological polar surface area (TPSA) is 12.0 Å². The van der Waals surface area contributed by atoms with Gasteiger partial charge in [-0.25, -0.2) is 0 Å². The molecular weight excluding hydrogens is 262 g/mol. The Labute approximate surface area is 105 Å². The van der Waals surface area contributed by atoms with Gasteiger partial charge >= 0.3 is 0 Å². The fraction of sp³-hybridized carbons (Fsp3) is 0.286. The van der Waals surface area contributed by atoms with E-state index in [1.54, 1.807) is 0 Å². The minimum Gasteiger partial charge on any atom is -0.310 e. The fourth-order valence-corrected chi connectivity index (χ4v) is 2.48. The van der Waals surface area contributed by atoms with Gasteiger partial charge in [-0.2, -0.15) is 0 Å². The smallest absolute Gasteiger partial charge is 0.0441 e. The van der Waals surface area contributed by atoms with Crippen molar-refractivity contribution in [2.75, 3.05) is 7.05 Å². The number of allylic oxidation sites excluding steroid dienone is 2. The lowest BCUT2D eigenvalue weighted by Gasteiger charge is -2.31. The first-order valence-corrected chi connectivity index (χ1v) is 6.32. The molecule has 1 aromatic rings. The van der Waals surface area contributed by atoms with Gasteiger partial charge in [-0.1, -0.05) is 58.4 Å². The van der Waals surface area contributed by atoms with Gasteiger partial charge in [0.05, 0.1) is 0 Å². The number of nitrogens with one attached hydrogen (secondary N) is 1. The van der Waals surface area contributed by atoms with E-state index in [0.29, 0.717) is 0 Å². The van der Waals surface area contributed by atoms with Crippen LogP contribution in [-0.4, -0.2) is 12.6 Å². The molecule has 1 nitrogen and oxygen atoms in total. The molecule has 0 bridgehead atoms. The molecule has 0 radical (unpaired) electrons. The first kappa shape index (κ1) is 11.6. The van der Waals surface area contributed by atoms with Crippen LogP contribution in [0.4, 0.5) is 0 Å². The Bertz CT molecular complexity index is 422. The predicted molar refractivity (Wildman–Crippen MR) is 72.5 cm³/mol. The van der Waals surface area contributed by atoms with Crippen molar-refractivity contribution >= 4 is 15.9 Å². The fourth-order valence-electron chi connectivity index (χ4n) is 2.05. The maximum atomic E-state index is 3.61. The summed E-state index contributed by atoms with van der Waals surface area (Å²) in [6.45, 7) is 0. The Morgan fingerprint density at radius 2 is 2.12 bits per heavy atom. The molecule has 1 unspecified atom stereocenters. The number of benzene rings is 1. The first-order valence-electron chi connectivity index (χ1n) is 5.52. The molecule has 0 heterocycles. The molecule has 0 spiro atoms. The van der Waals surface area contributed by atoms with Crippen LogP contribution in [0.25, 0.3) is 0 Å². The van der Waals surface area contributed by atoms with Gasteiger partial charge in [-0.05, 0) is 31.5 Å². The van der Waals surface area contributed by atoms with Gasteiger partial charge in [0.1, 0.15) is 0 Å². The second kappa shape index (κ2) is 4.98. The molecule has 2 heteroatoms. The molecule has 1 aromatic carbocycles. The summed E-state index contributed by atoms with van der Waals surface area (Å²) in [6, 6.07) is 8.42. The summed E-state index contributed by atoms with van der Waals surface area (Å²) in [6.07, 6.45) is 10.7. The van der Waals surface area contributed by atoms with Crippen LogP contribution in [0, 0.1) is 0 Å². The van der Waals surface area contributed by atoms with Gasteiger partial charge in [-0.15, -0.1) is 0 Å². The largest absolute Gasteiger partial charge is 0.310 e. The zero-order valence-corrected chi connectivity index (χ0v) is 11.0. The van der Waals surface area contributed by atoms with Crippen LogP contribution in [-0.2, 0) is 6.42 Å². The van der Waals surface area contributed by atoms with Crippen LogP contribution in [0.2, 0.25) is 0 Å². The van der Waals surface area contributed by atoms with Crippen molar-refractivity contribution in [2.45, 2.75) is 18.4 Å². The molecule has 1 aliphatic carbocycles. The van der Waals surface area contributed by atoms with Gasteiger partial charge in [-0.3, -0.25) is 0 Å². The highest BCUT2D eigenvalue weighted by molar-refractivity contribution is 9.10. The van der Waals surface area contributed by atoms with E-state index in [1.807, 2.05) is 7.05 Å². The number of halogens is 1. The van der Waals surface area contributed by atoms with Gasteiger partial charge < -0.3 is 5.32 Å². The summed E-state index contributed by atoms with van der Waals surface area (Å²) in [7, 11) is 2.03. The number of rotatable bonds is 3. The van der Waals surface area contributed by atoms with Crippen molar-refractivity contribution in [1.29, 1.82) is 0 Å². The van der Waals surface area contributed by atoms with E-state index in [1.165, 1.54) is 10.0 Å². The zero-order valence-electron chi connectivity index (χ0n) is 9.41. The van der Waals surface area contributed by atoms with E-state index in [-0.39, 0.29) is 5.54 Å². The van der Waals surface area contributed by atoms with Gasteiger partial charge in [0.25, 0.3) is 0 Å². The second-order valence-electron chi connectivity index (χ2n) is 4.17. The summed E-state index contributed by atoms with van der Waals surface area (Å²) < 4.78 is 1.19.